The number of anilines is 1. The SMILES string of the molecule is COC(=O)NC(C(=O)Nc1ccccc1CCC1CNC[C@@H](CSc2ccc(S(C)(=O)=O)cc2)O1)C(c1ccccc1)c1ccccc1. The van der Waals surface area contributed by atoms with E-state index in [0.29, 0.717) is 17.0 Å². The Hall–Kier alpha value is -4.16. The van der Waals surface area contributed by atoms with Crippen LogP contribution in [0.5, 0.6) is 0 Å². The van der Waals surface area contributed by atoms with Crippen LogP contribution in [0.25, 0.3) is 0 Å². The number of aryl methyl sites for hydroxylation is 1. The number of rotatable bonds is 13. The van der Waals surface area contributed by atoms with Gasteiger partial charge >= 0.3 is 6.09 Å². The van der Waals surface area contributed by atoms with E-state index in [1.807, 2.05) is 97.1 Å². The predicted molar refractivity (Wildman–Crippen MR) is 189 cm³/mol. The van der Waals surface area contributed by atoms with Crippen LogP contribution >= 0.6 is 11.8 Å². The average molecular weight is 688 g/mol. The molecule has 1 saturated heterocycles. The van der Waals surface area contributed by atoms with Gasteiger partial charge in [0.25, 0.3) is 0 Å². The van der Waals surface area contributed by atoms with E-state index in [9.17, 15) is 18.0 Å². The lowest BCUT2D eigenvalue weighted by Crippen LogP contribution is -2.48. The normalized spacial score (nSPS) is 17.0. The Balaban J connectivity index is 1.25. The van der Waals surface area contributed by atoms with E-state index < -0.39 is 27.9 Å². The van der Waals surface area contributed by atoms with E-state index in [1.165, 1.54) is 13.4 Å². The van der Waals surface area contributed by atoms with Gasteiger partial charge in [0.15, 0.2) is 9.84 Å². The maximum absolute atomic E-state index is 14.1. The molecule has 0 bridgehead atoms. The van der Waals surface area contributed by atoms with Crippen molar-refractivity contribution in [1.29, 1.82) is 0 Å². The molecule has 48 heavy (non-hydrogen) atoms. The number of amides is 2. The van der Waals surface area contributed by atoms with E-state index in [4.69, 9.17) is 9.47 Å². The molecule has 0 saturated carbocycles. The number of benzene rings is 4. The Morgan fingerprint density at radius 1 is 0.875 bits per heavy atom. The molecular weight excluding hydrogens is 647 g/mol. The van der Waals surface area contributed by atoms with Crippen molar-refractivity contribution < 1.29 is 27.5 Å². The lowest BCUT2D eigenvalue weighted by molar-refractivity contribution is -0.118. The van der Waals surface area contributed by atoms with E-state index in [2.05, 4.69) is 16.0 Å². The Labute approximate surface area is 286 Å². The highest BCUT2D eigenvalue weighted by Crippen LogP contribution is 2.30. The summed E-state index contributed by atoms with van der Waals surface area (Å²) in [6.45, 7) is 1.45. The molecule has 1 heterocycles. The molecule has 5 rings (SSSR count). The fraction of sp³-hybridized carbons (Fsp3) is 0.297. The zero-order valence-electron chi connectivity index (χ0n) is 27.0. The second kappa shape index (κ2) is 16.8. The first kappa shape index (κ1) is 35.2. The monoisotopic (exact) mass is 687 g/mol. The molecule has 3 N–H and O–H groups in total. The van der Waals surface area contributed by atoms with Crippen LogP contribution in [0, 0.1) is 0 Å². The van der Waals surface area contributed by atoms with Gasteiger partial charge in [0.05, 0.1) is 24.2 Å². The van der Waals surface area contributed by atoms with E-state index >= 15 is 0 Å². The number of hydrogen-bond acceptors (Lipinski definition) is 8. The Kier molecular flexibility index (Phi) is 12.3. The summed E-state index contributed by atoms with van der Waals surface area (Å²) in [6.07, 6.45) is 1.90. The Morgan fingerprint density at radius 2 is 1.48 bits per heavy atom. The maximum atomic E-state index is 14.1. The second-order valence-electron chi connectivity index (χ2n) is 11.7. The minimum Gasteiger partial charge on any atom is -0.453 e. The van der Waals surface area contributed by atoms with Crippen LogP contribution in [0.1, 0.15) is 29.0 Å². The number of morpholine rings is 1. The van der Waals surface area contributed by atoms with Crippen LogP contribution < -0.4 is 16.0 Å². The fourth-order valence-electron chi connectivity index (χ4n) is 5.79. The number of carbonyl (C=O) groups is 2. The molecule has 0 aromatic heterocycles. The highest BCUT2D eigenvalue weighted by molar-refractivity contribution is 7.99. The van der Waals surface area contributed by atoms with Crippen molar-refractivity contribution in [2.75, 3.05) is 37.5 Å². The number of carbonyl (C=O) groups excluding carboxylic acids is 2. The van der Waals surface area contributed by atoms with E-state index in [0.717, 1.165) is 46.8 Å². The van der Waals surface area contributed by atoms with Gasteiger partial charge in [-0.15, -0.1) is 11.8 Å². The van der Waals surface area contributed by atoms with Crippen LogP contribution in [-0.2, 0) is 30.5 Å². The largest absolute Gasteiger partial charge is 0.453 e. The second-order valence-corrected chi connectivity index (χ2v) is 14.8. The van der Waals surface area contributed by atoms with Gasteiger partial charge in [-0.1, -0.05) is 78.9 Å². The fourth-order valence-corrected chi connectivity index (χ4v) is 7.32. The summed E-state index contributed by atoms with van der Waals surface area (Å²) in [5, 5.41) is 9.37. The zero-order valence-corrected chi connectivity index (χ0v) is 28.6. The summed E-state index contributed by atoms with van der Waals surface area (Å²) < 4.78 is 34.9. The van der Waals surface area contributed by atoms with Crippen LogP contribution in [-0.4, -0.2) is 70.9 Å². The van der Waals surface area contributed by atoms with Crippen molar-refractivity contribution in [2.24, 2.45) is 0 Å². The number of thioether (sulfide) groups is 1. The van der Waals surface area contributed by atoms with Gasteiger partial charge in [-0.3, -0.25) is 4.79 Å². The number of hydrogen-bond donors (Lipinski definition) is 3. The van der Waals surface area contributed by atoms with Crippen LogP contribution in [0.4, 0.5) is 10.5 Å². The Bertz CT molecular complexity index is 1720. The van der Waals surface area contributed by atoms with Gasteiger partial charge in [0.2, 0.25) is 5.91 Å². The van der Waals surface area contributed by atoms with Gasteiger partial charge in [0, 0.05) is 41.6 Å². The molecule has 4 aromatic rings. The van der Waals surface area contributed by atoms with Gasteiger partial charge in [0.1, 0.15) is 6.04 Å². The summed E-state index contributed by atoms with van der Waals surface area (Å²) in [5.41, 5.74) is 3.40. The lowest BCUT2D eigenvalue weighted by Gasteiger charge is -2.31. The van der Waals surface area contributed by atoms with Crippen molar-refractivity contribution in [1.82, 2.24) is 10.6 Å². The third-order valence-corrected chi connectivity index (χ3v) is 10.5. The number of nitrogens with one attached hydrogen (secondary N) is 3. The topological polar surface area (TPSA) is 123 Å². The number of ether oxygens (including phenoxy) is 2. The Morgan fingerprint density at radius 3 is 2.10 bits per heavy atom. The number of para-hydroxylation sites is 1. The van der Waals surface area contributed by atoms with Gasteiger partial charge in [-0.05, 0) is 59.9 Å². The molecule has 1 fully saturated rings. The molecule has 1 aliphatic rings. The number of methoxy groups -OCH3 is 1. The molecule has 0 aliphatic carbocycles. The first-order valence-corrected chi connectivity index (χ1v) is 18.7. The van der Waals surface area contributed by atoms with Crippen LogP contribution in [0.3, 0.4) is 0 Å². The van der Waals surface area contributed by atoms with Crippen molar-refractivity contribution >= 4 is 39.3 Å². The van der Waals surface area contributed by atoms with Crippen molar-refractivity contribution in [3.8, 4) is 0 Å². The lowest BCUT2D eigenvalue weighted by atomic mass is 9.84. The highest BCUT2D eigenvalue weighted by Gasteiger charge is 2.33. The quantitative estimate of drug-likeness (QED) is 0.154. The van der Waals surface area contributed by atoms with E-state index in [1.54, 1.807) is 23.9 Å². The third-order valence-electron chi connectivity index (χ3n) is 8.22. The summed E-state index contributed by atoms with van der Waals surface area (Å²) in [4.78, 5) is 27.9. The summed E-state index contributed by atoms with van der Waals surface area (Å²) >= 11 is 1.63. The number of sulfone groups is 1. The summed E-state index contributed by atoms with van der Waals surface area (Å²) in [6, 6.07) is 32.9. The van der Waals surface area contributed by atoms with Crippen LogP contribution in [0.15, 0.2) is 119 Å². The molecule has 0 spiro atoms. The maximum Gasteiger partial charge on any atom is 0.407 e. The van der Waals surface area contributed by atoms with Crippen molar-refractivity contribution in [3.05, 3.63) is 126 Å². The van der Waals surface area contributed by atoms with Crippen molar-refractivity contribution in [3.63, 3.8) is 0 Å². The van der Waals surface area contributed by atoms with Crippen molar-refractivity contribution in [2.45, 2.75) is 46.8 Å². The van der Waals surface area contributed by atoms with E-state index in [-0.39, 0.29) is 18.1 Å². The molecule has 11 heteroatoms. The molecule has 2 unspecified atom stereocenters. The molecule has 3 atom stereocenters. The molecule has 9 nitrogen and oxygen atoms in total. The summed E-state index contributed by atoms with van der Waals surface area (Å²) in [5.74, 6) is -0.0944. The molecule has 0 radical (unpaired) electrons. The van der Waals surface area contributed by atoms with Gasteiger partial charge in [-0.25, -0.2) is 13.2 Å². The minimum atomic E-state index is -3.23. The predicted octanol–water partition coefficient (Wildman–Crippen LogP) is 5.67. The van der Waals surface area contributed by atoms with Gasteiger partial charge < -0.3 is 25.4 Å². The summed E-state index contributed by atoms with van der Waals surface area (Å²) in [7, 11) is -1.95. The molecule has 2 amide bonds. The minimum absolute atomic E-state index is 0.00339. The molecule has 1 aliphatic heterocycles. The molecule has 4 aromatic carbocycles. The number of alkyl carbamates (subject to hydrolysis) is 1. The smallest absolute Gasteiger partial charge is 0.407 e. The molecule has 252 valence electrons. The van der Waals surface area contributed by atoms with Crippen LogP contribution in [0.2, 0.25) is 0 Å². The zero-order chi connectivity index (χ0) is 33.9. The first-order valence-electron chi connectivity index (χ1n) is 15.8. The standard InChI is InChI=1S/C37H41N3O6S2/c1-45-37(42)40-35(34(27-12-5-3-6-13-27)28-14-7-4-8-15-28)36(41)39-33-16-10-9-11-26(33)17-18-29-23-38-24-30(46-29)25-47-31-19-21-32(22-20-31)48(2,43)44/h3-16,19-22,29-30,34-35,38H,17-18,23-25H2,1-2H3,(H,39,41)(H,40,42)/t29?,30-,35?/m0/s1. The van der Waals surface area contributed by atoms with Gasteiger partial charge in [-0.2, -0.15) is 0 Å². The average Bonchev–Trinajstić information content (AvgIpc) is 3.11. The highest BCUT2D eigenvalue weighted by atomic mass is 32.2. The first-order chi connectivity index (χ1) is 23.2. The molecular formula is C37H41N3O6S2. The third kappa shape index (κ3) is 9.70.